The topological polar surface area (TPSA) is 109 Å². The quantitative estimate of drug-likeness (QED) is 0.433. The second-order valence-corrected chi connectivity index (χ2v) is 10.5. The average molecular weight is 575 g/mol. The fourth-order valence-corrected chi connectivity index (χ4v) is 4.95. The van der Waals surface area contributed by atoms with E-state index in [-0.39, 0.29) is 18.0 Å². The van der Waals surface area contributed by atoms with Crippen LogP contribution >= 0.6 is 15.9 Å². The summed E-state index contributed by atoms with van der Waals surface area (Å²) in [6.45, 7) is 5.72. The monoisotopic (exact) mass is 574 g/mol. The lowest BCUT2D eigenvalue weighted by molar-refractivity contribution is -0.146. The van der Waals surface area contributed by atoms with Gasteiger partial charge in [0.05, 0.1) is 30.7 Å². The van der Waals surface area contributed by atoms with Crippen molar-refractivity contribution in [1.82, 2.24) is 9.13 Å². The number of methoxy groups -OCH3 is 1. The highest BCUT2D eigenvalue weighted by Crippen LogP contribution is 2.32. The molecule has 37 heavy (non-hydrogen) atoms. The summed E-state index contributed by atoms with van der Waals surface area (Å²) >= 11 is 3.51. The first kappa shape index (κ1) is 27.1. The molecule has 1 N–H and O–H groups in total. The molecule has 1 atom stereocenters. The van der Waals surface area contributed by atoms with Gasteiger partial charge < -0.3 is 19.3 Å². The summed E-state index contributed by atoms with van der Waals surface area (Å²) < 4.78 is 20.6. The molecule has 0 saturated carbocycles. The first-order valence-corrected chi connectivity index (χ1v) is 12.9. The number of hydrogen-bond donors (Lipinski definition) is 1. The summed E-state index contributed by atoms with van der Waals surface area (Å²) in [4.78, 5) is 39.5. The molecule has 1 unspecified atom stereocenters. The Labute approximate surface area is 222 Å². The van der Waals surface area contributed by atoms with Gasteiger partial charge in [0.15, 0.2) is 0 Å². The van der Waals surface area contributed by atoms with Crippen LogP contribution in [0.4, 0.5) is 0 Å². The van der Waals surface area contributed by atoms with E-state index in [1.807, 2.05) is 31.2 Å². The molecule has 10 heteroatoms. The highest BCUT2D eigenvalue weighted by atomic mass is 79.9. The molecule has 4 rings (SSSR count). The molecule has 0 bridgehead atoms. The molecule has 9 nitrogen and oxygen atoms in total. The normalized spacial score (nSPS) is 15.6. The molecule has 1 saturated heterocycles. The molecule has 0 spiro atoms. The van der Waals surface area contributed by atoms with E-state index in [1.165, 1.54) is 18.4 Å². The maximum atomic E-state index is 13.9. The lowest BCUT2D eigenvalue weighted by atomic mass is 10.0. The summed E-state index contributed by atoms with van der Waals surface area (Å²) in [7, 11) is 1.57. The Balaban J connectivity index is 1.96. The third-order valence-electron chi connectivity index (χ3n) is 6.87. The SMILES string of the molecule is COc1ccccc1C(Cn1c(=O)n(C(C)(C)C(=O)O)c(=O)c2cc(C)c(Br)cc21)OC1CCOCC1. The van der Waals surface area contributed by atoms with Crippen molar-refractivity contribution in [1.29, 1.82) is 0 Å². The van der Waals surface area contributed by atoms with Crippen LogP contribution in [-0.4, -0.2) is 46.6 Å². The molecule has 1 aliphatic heterocycles. The van der Waals surface area contributed by atoms with Crippen molar-refractivity contribution in [3.8, 4) is 5.75 Å². The van der Waals surface area contributed by atoms with E-state index < -0.39 is 28.9 Å². The van der Waals surface area contributed by atoms with Gasteiger partial charge in [0, 0.05) is 23.2 Å². The molecule has 2 heterocycles. The Morgan fingerprint density at radius 1 is 1.22 bits per heavy atom. The van der Waals surface area contributed by atoms with Crippen LogP contribution in [0.25, 0.3) is 10.9 Å². The number of carboxylic acid groups (broad SMARTS) is 1. The van der Waals surface area contributed by atoms with Gasteiger partial charge in [-0.05, 0) is 57.4 Å². The molecule has 2 aromatic carbocycles. The summed E-state index contributed by atoms with van der Waals surface area (Å²) in [5.41, 5.74) is -1.23. The number of carbonyl (C=O) groups is 1. The maximum Gasteiger partial charge on any atom is 0.332 e. The van der Waals surface area contributed by atoms with Crippen molar-refractivity contribution in [2.45, 2.75) is 57.9 Å². The third kappa shape index (κ3) is 5.23. The number of hydrogen-bond acceptors (Lipinski definition) is 6. The fourth-order valence-electron chi connectivity index (χ4n) is 4.62. The van der Waals surface area contributed by atoms with Crippen molar-refractivity contribution >= 4 is 32.8 Å². The number of halogens is 1. The van der Waals surface area contributed by atoms with Gasteiger partial charge in [0.1, 0.15) is 17.4 Å². The standard InChI is InChI=1S/C27H31BrN2O7/c1-16-13-19-21(14-20(16)28)29(26(34)30(24(19)31)27(2,3)25(32)33)15-23(37-17-9-11-36-12-10-17)18-7-5-6-8-22(18)35-4/h5-8,13-14,17,23H,9-12,15H2,1-4H3,(H,32,33). The van der Waals surface area contributed by atoms with Gasteiger partial charge in [-0.15, -0.1) is 0 Å². The molecule has 3 aromatic rings. The maximum absolute atomic E-state index is 13.9. The smallest absolute Gasteiger partial charge is 0.332 e. The fraction of sp³-hybridized carbons (Fsp3) is 0.444. The van der Waals surface area contributed by atoms with Crippen molar-refractivity contribution in [2.24, 2.45) is 0 Å². The Bertz CT molecular complexity index is 1440. The van der Waals surface area contributed by atoms with E-state index in [9.17, 15) is 19.5 Å². The predicted octanol–water partition coefficient (Wildman–Crippen LogP) is 4.00. The minimum atomic E-state index is -1.77. The first-order chi connectivity index (χ1) is 17.6. The molecule has 1 fully saturated rings. The van der Waals surface area contributed by atoms with Gasteiger partial charge in [-0.3, -0.25) is 9.36 Å². The second-order valence-electron chi connectivity index (χ2n) is 9.69. The Morgan fingerprint density at radius 2 is 1.89 bits per heavy atom. The zero-order valence-corrected chi connectivity index (χ0v) is 22.9. The summed E-state index contributed by atoms with van der Waals surface area (Å²) in [6.07, 6.45) is 0.704. The van der Waals surface area contributed by atoms with Crippen molar-refractivity contribution in [3.05, 3.63) is 72.8 Å². The number of rotatable bonds is 8. The van der Waals surface area contributed by atoms with E-state index in [1.54, 1.807) is 19.2 Å². The zero-order chi connectivity index (χ0) is 26.9. The van der Waals surface area contributed by atoms with Gasteiger partial charge in [-0.1, -0.05) is 34.1 Å². The first-order valence-electron chi connectivity index (χ1n) is 12.1. The van der Waals surface area contributed by atoms with E-state index >= 15 is 0 Å². The Kier molecular flexibility index (Phi) is 7.91. The minimum absolute atomic E-state index is 0.0402. The highest BCUT2D eigenvalue weighted by Gasteiger charge is 2.35. The van der Waals surface area contributed by atoms with Crippen molar-refractivity contribution in [3.63, 3.8) is 0 Å². The van der Waals surface area contributed by atoms with Crippen molar-refractivity contribution < 1.29 is 24.1 Å². The van der Waals surface area contributed by atoms with Gasteiger partial charge in [0.2, 0.25) is 0 Å². The second kappa shape index (κ2) is 10.8. The van der Waals surface area contributed by atoms with Crippen LogP contribution in [0.1, 0.15) is 43.9 Å². The van der Waals surface area contributed by atoms with Crippen LogP contribution in [0.3, 0.4) is 0 Å². The van der Waals surface area contributed by atoms with Crippen molar-refractivity contribution in [2.75, 3.05) is 20.3 Å². The Hall–Kier alpha value is -2.95. The molecule has 0 amide bonds. The molecular formula is C27H31BrN2O7. The summed E-state index contributed by atoms with van der Waals surface area (Å²) in [6, 6.07) is 10.8. The number of aryl methyl sites for hydroxylation is 1. The molecule has 0 radical (unpaired) electrons. The number of carboxylic acids is 1. The molecule has 1 aliphatic rings. The number of ether oxygens (including phenoxy) is 3. The van der Waals surface area contributed by atoms with E-state index in [4.69, 9.17) is 14.2 Å². The third-order valence-corrected chi connectivity index (χ3v) is 7.72. The van der Waals surface area contributed by atoms with Crippen LogP contribution in [0.5, 0.6) is 5.75 Å². The van der Waals surface area contributed by atoms with E-state index in [0.717, 1.165) is 20.2 Å². The number of aromatic nitrogens is 2. The molecular weight excluding hydrogens is 544 g/mol. The Morgan fingerprint density at radius 3 is 2.54 bits per heavy atom. The lowest BCUT2D eigenvalue weighted by Crippen LogP contribution is -2.53. The number of para-hydroxylation sites is 1. The van der Waals surface area contributed by atoms with Gasteiger partial charge >= 0.3 is 11.7 Å². The minimum Gasteiger partial charge on any atom is -0.496 e. The highest BCUT2D eigenvalue weighted by molar-refractivity contribution is 9.10. The largest absolute Gasteiger partial charge is 0.496 e. The van der Waals surface area contributed by atoms with Gasteiger partial charge in [0.25, 0.3) is 5.56 Å². The van der Waals surface area contributed by atoms with E-state index in [2.05, 4.69) is 15.9 Å². The van der Waals surface area contributed by atoms with Crippen LogP contribution in [-0.2, 0) is 26.4 Å². The van der Waals surface area contributed by atoms with Gasteiger partial charge in [-0.2, -0.15) is 0 Å². The summed E-state index contributed by atoms with van der Waals surface area (Å²) in [5, 5.41) is 10.1. The lowest BCUT2D eigenvalue weighted by Gasteiger charge is -2.30. The van der Waals surface area contributed by atoms with Crippen LogP contribution in [0, 0.1) is 6.92 Å². The number of fused-ring (bicyclic) bond motifs is 1. The predicted molar refractivity (Wildman–Crippen MR) is 143 cm³/mol. The molecule has 198 valence electrons. The number of aliphatic carboxylic acids is 1. The number of nitrogens with zero attached hydrogens (tertiary/aromatic N) is 2. The van der Waals surface area contributed by atoms with E-state index in [0.29, 0.717) is 37.3 Å². The average Bonchev–Trinajstić information content (AvgIpc) is 2.87. The van der Waals surface area contributed by atoms with Crippen LogP contribution in [0.15, 0.2) is 50.5 Å². The zero-order valence-electron chi connectivity index (χ0n) is 21.3. The summed E-state index contributed by atoms with van der Waals surface area (Å²) in [5.74, 6) is -0.681. The van der Waals surface area contributed by atoms with Crippen LogP contribution < -0.4 is 16.0 Å². The van der Waals surface area contributed by atoms with Gasteiger partial charge in [-0.25, -0.2) is 14.2 Å². The molecule has 1 aromatic heterocycles. The van der Waals surface area contributed by atoms with Crippen LogP contribution in [0.2, 0.25) is 0 Å². The number of benzene rings is 2. The molecule has 0 aliphatic carbocycles.